The molecular weight excluding hydrogens is 264 g/mol. The van der Waals surface area contributed by atoms with Crippen molar-refractivity contribution in [3.63, 3.8) is 0 Å². The first-order valence-corrected chi connectivity index (χ1v) is 6.96. The number of aromatic nitrogens is 1. The molecule has 0 aliphatic carbocycles. The zero-order valence-corrected chi connectivity index (χ0v) is 12.1. The minimum atomic E-state index is 0.164. The maximum atomic E-state index is 7.43. The molecule has 0 radical (unpaired) electrons. The first-order chi connectivity index (χ1) is 10.2. The van der Waals surface area contributed by atoms with E-state index >= 15 is 0 Å². The standard InChI is InChI=1S/C16H20N4O/c1-2-21-16-10-6-9-15(19-16)20(12-11-14(17)18)13-7-4-3-5-8-13/h3-10H,2,11-12H2,1H3,(H3,17,18). The van der Waals surface area contributed by atoms with Crippen molar-refractivity contribution >= 4 is 17.3 Å². The SMILES string of the molecule is CCOc1cccc(N(CCC(=N)N)c2ccccc2)n1. The lowest BCUT2D eigenvalue weighted by Crippen LogP contribution is -2.24. The maximum Gasteiger partial charge on any atom is 0.215 e. The van der Waals surface area contributed by atoms with Crippen LogP contribution in [0.5, 0.6) is 5.88 Å². The summed E-state index contributed by atoms with van der Waals surface area (Å²) in [5.41, 5.74) is 6.50. The number of para-hydroxylation sites is 1. The van der Waals surface area contributed by atoms with E-state index in [-0.39, 0.29) is 5.84 Å². The van der Waals surface area contributed by atoms with Crippen LogP contribution < -0.4 is 15.4 Å². The van der Waals surface area contributed by atoms with E-state index in [9.17, 15) is 0 Å². The van der Waals surface area contributed by atoms with Gasteiger partial charge in [0.15, 0.2) is 0 Å². The van der Waals surface area contributed by atoms with E-state index in [0.717, 1.165) is 11.5 Å². The first kappa shape index (κ1) is 14.8. The summed E-state index contributed by atoms with van der Waals surface area (Å²) < 4.78 is 5.45. The Balaban J connectivity index is 2.30. The lowest BCUT2D eigenvalue weighted by Gasteiger charge is -2.24. The lowest BCUT2D eigenvalue weighted by atomic mass is 10.2. The zero-order chi connectivity index (χ0) is 15.1. The Hall–Kier alpha value is -2.56. The van der Waals surface area contributed by atoms with Gasteiger partial charge in [0.1, 0.15) is 5.82 Å². The van der Waals surface area contributed by atoms with Gasteiger partial charge in [-0.3, -0.25) is 5.41 Å². The van der Waals surface area contributed by atoms with Crippen molar-refractivity contribution in [3.8, 4) is 5.88 Å². The predicted molar refractivity (Wildman–Crippen MR) is 85.4 cm³/mol. The molecule has 0 amide bonds. The summed E-state index contributed by atoms with van der Waals surface area (Å²) in [7, 11) is 0. The van der Waals surface area contributed by atoms with Gasteiger partial charge in [-0.2, -0.15) is 4.98 Å². The number of ether oxygens (including phenoxy) is 1. The van der Waals surface area contributed by atoms with Gasteiger partial charge < -0.3 is 15.4 Å². The summed E-state index contributed by atoms with van der Waals surface area (Å²) in [6.45, 7) is 3.11. The quantitative estimate of drug-likeness (QED) is 0.605. The van der Waals surface area contributed by atoms with E-state index in [1.54, 1.807) is 0 Å². The minimum Gasteiger partial charge on any atom is -0.478 e. The fraction of sp³-hybridized carbons (Fsp3) is 0.250. The monoisotopic (exact) mass is 284 g/mol. The topological polar surface area (TPSA) is 75.2 Å². The molecule has 1 aromatic heterocycles. The number of nitrogens with one attached hydrogen (secondary N) is 1. The molecule has 0 saturated heterocycles. The molecule has 5 nitrogen and oxygen atoms in total. The number of nitrogens with two attached hydrogens (primary N) is 1. The van der Waals surface area contributed by atoms with E-state index in [0.29, 0.717) is 25.5 Å². The van der Waals surface area contributed by atoms with Crippen molar-refractivity contribution in [1.29, 1.82) is 5.41 Å². The van der Waals surface area contributed by atoms with Crippen LogP contribution in [0.25, 0.3) is 0 Å². The highest BCUT2D eigenvalue weighted by atomic mass is 16.5. The second kappa shape index (κ2) is 7.28. The Morgan fingerprint density at radius 2 is 1.95 bits per heavy atom. The number of hydrogen-bond donors (Lipinski definition) is 2. The molecule has 1 aromatic carbocycles. The molecule has 2 rings (SSSR count). The summed E-state index contributed by atoms with van der Waals surface area (Å²) in [6, 6.07) is 15.6. The number of rotatable bonds is 7. The fourth-order valence-electron chi connectivity index (χ4n) is 2.00. The molecule has 0 bridgehead atoms. The van der Waals surface area contributed by atoms with Crippen molar-refractivity contribution in [2.45, 2.75) is 13.3 Å². The lowest BCUT2D eigenvalue weighted by molar-refractivity contribution is 0.327. The summed E-state index contributed by atoms with van der Waals surface area (Å²) in [5, 5.41) is 7.43. The Bertz CT molecular complexity index is 586. The Labute approximate surface area is 124 Å². The van der Waals surface area contributed by atoms with E-state index in [1.807, 2.05) is 60.4 Å². The number of amidine groups is 1. The van der Waals surface area contributed by atoms with Crippen molar-refractivity contribution in [2.75, 3.05) is 18.1 Å². The van der Waals surface area contributed by atoms with E-state index in [4.69, 9.17) is 15.9 Å². The summed E-state index contributed by atoms with van der Waals surface area (Å²) in [6.07, 6.45) is 0.482. The largest absolute Gasteiger partial charge is 0.478 e. The van der Waals surface area contributed by atoms with Crippen LogP contribution in [0.3, 0.4) is 0 Å². The van der Waals surface area contributed by atoms with Crippen LogP contribution in [-0.4, -0.2) is 24.0 Å². The predicted octanol–water partition coefficient (Wildman–Crippen LogP) is 2.94. The van der Waals surface area contributed by atoms with Crippen LogP contribution in [0.15, 0.2) is 48.5 Å². The highest BCUT2D eigenvalue weighted by molar-refractivity contribution is 5.78. The smallest absolute Gasteiger partial charge is 0.215 e. The average molecular weight is 284 g/mol. The van der Waals surface area contributed by atoms with Gasteiger partial charge in [-0.05, 0) is 25.1 Å². The molecule has 0 spiro atoms. The fourth-order valence-corrected chi connectivity index (χ4v) is 2.00. The molecule has 0 fully saturated rings. The molecular formula is C16H20N4O. The van der Waals surface area contributed by atoms with Crippen LogP contribution in [0.2, 0.25) is 0 Å². The Morgan fingerprint density at radius 3 is 2.62 bits per heavy atom. The van der Waals surface area contributed by atoms with Gasteiger partial charge in [0.2, 0.25) is 5.88 Å². The van der Waals surface area contributed by atoms with Crippen LogP contribution in [-0.2, 0) is 0 Å². The number of hydrogen-bond acceptors (Lipinski definition) is 4. The number of benzene rings is 1. The molecule has 1 heterocycles. The van der Waals surface area contributed by atoms with Crippen molar-refractivity contribution in [2.24, 2.45) is 5.73 Å². The third-order valence-electron chi connectivity index (χ3n) is 2.95. The highest BCUT2D eigenvalue weighted by Crippen LogP contribution is 2.25. The van der Waals surface area contributed by atoms with Crippen molar-refractivity contribution in [3.05, 3.63) is 48.5 Å². The van der Waals surface area contributed by atoms with Crippen LogP contribution in [0, 0.1) is 5.41 Å². The Kier molecular flexibility index (Phi) is 5.15. The Morgan fingerprint density at radius 1 is 1.19 bits per heavy atom. The van der Waals surface area contributed by atoms with Gasteiger partial charge in [-0.25, -0.2) is 0 Å². The summed E-state index contributed by atoms with van der Waals surface area (Å²) >= 11 is 0. The average Bonchev–Trinajstić information content (AvgIpc) is 2.49. The normalized spacial score (nSPS) is 10.1. The molecule has 5 heteroatoms. The second-order valence-electron chi connectivity index (χ2n) is 4.53. The molecule has 0 saturated carbocycles. The number of anilines is 2. The summed E-state index contributed by atoms with van der Waals surface area (Å²) in [5.74, 6) is 1.55. The minimum absolute atomic E-state index is 0.164. The zero-order valence-electron chi connectivity index (χ0n) is 12.1. The molecule has 3 N–H and O–H groups in total. The molecule has 21 heavy (non-hydrogen) atoms. The molecule has 110 valence electrons. The molecule has 0 atom stereocenters. The van der Waals surface area contributed by atoms with E-state index < -0.39 is 0 Å². The third kappa shape index (κ3) is 4.21. The molecule has 0 unspecified atom stereocenters. The molecule has 0 aliphatic rings. The van der Waals surface area contributed by atoms with Crippen LogP contribution in [0.4, 0.5) is 11.5 Å². The highest BCUT2D eigenvalue weighted by Gasteiger charge is 2.11. The van der Waals surface area contributed by atoms with Gasteiger partial charge in [0.25, 0.3) is 0 Å². The van der Waals surface area contributed by atoms with Gasteiger partial charge in [-0.15, -0.1) is 0 Å². The second-order valence-corrected chi connectivity index (χ2v) is 4.53. The van der Waals surface area contributed by atoms with Crippen molar-refractivity contribution < 1.29 is 4.74 Å². The van der Waals surface area contributed by atoms with Gasteiger partial charge in [0, 0.05) is 24.7 Å². The van der Waals surface area contributed by atoms with Crippen LogP contribution in [0.1, 0.15) is 13.3 Å². The number of pyridine rings is 1. The van der Waals surface area contributed by atoms with E-state index in [2.05, 4.69) is 4.98 Å². The summed E-state index contributed by atoms with van der Waals surface area (Å²) in [4.78, 5) is 6.54. The maximum absolute atomic E-state index is 7.43. The van der Waals surface area contributed by atoms with Gasteiger partial charge in [-0.1, -0.05) is 24.3 Å². The molecule has 2 aromatic rings. The van der Waals surface area contributed by atoms with Crippen LogP contribution >= 0.6 is 0 Å². The number of nitrogens with zero attached hydrogens (tertiary/aromatic N) is 2. The van der Waals surface area contributed by atoms with Gasteiger partial charge in [0.05, 0.1) is 12.4 Å². The van der Waals surface area contributed by atoms with E-state index in [1.165, 1.54) is 0 Å². The third-order valence-corrected chi connectivity index (χ3v) is 2.95. The van der Waals surface area contributed by atoms with Crippen molar-refractivity contribution in [1.82, 2.24) is 4.98 Å². The van der Waals surface area contributed by atoms with Gasteiger partial charge >= 0.3 is 0 Å². The first-order valence-electron chi connectivity index (χ1n) is 6.96. The molecule has 0 aliphatic heterocycles.